The fraction of sp³-hybridized carbons (Fsp3) is 0.286. The highest BCUT2D eigenvalue weighted by Gasteiger charge is 2.09. The van der Waals surface area contributed by atoms with E-state index < -0.39 is 0 Å². The Labute approximate surface area is 82.5 Å². The summed E-state index contributed by atoms with van der Waals surface area (Å²) in [7, 11) is 0. The van der Waals surface area contributed by atoms with Crippen LogP contribution in [0.3, 0.4) is 0 Å². The monoisotopic (exact) mass is 252 g/mol. The second-order valence-electron chi connectivity index (χ2n) is 2.20. The average Bonchev–Trinajstić information content (AvgIpc) is 2.31. The summed E-state index contributed by atoms with van der Waals surface area (Å²) in [5.41, 5.74) is 0. The van der Waals surface area contributed by atoms with E-state index in [4.69, 9.17) is 11.6 Å². The van der Waals surface area contributed by atoms with Crippen molar-refractivity contribution in [2.45, 2.75) is 12.8 Å². The first-order valence-corrected chi connectivity index (χ1v) is 5.04. The van der Waals surface area contributed by atoms with Crippen molar-refractivity contribution in [3.63, 3.8) is 0 Å². The predicted octanol–water partition coefficient (Wildman–Crippen LogP) is 3.47. The molecule has 0 aliphatic heterocycles. The van der Waals surface area contributed by atoms with Gasteiger partial charge in [-0.2, -0.15) is 0 Å². The zero-order chi connectivity index (χ0) is 8.43. The smallest absolute Gasteiger partial charge is 0.127 e. The van der Waals surface area contributed by atoms with Gasteiger partial charge in [-0.15, -0.1) is 11.3 Å². The number of aldehydes is 1. The van der Waals surface area contributed by atoms with Crippen LogP contribution in [-0.2, 0) is 4.79 Å². The summed E-state index contributed by atoms with van der Waals surface area (Å²) in [5.74, 6) is -0.0520. The third kappa shape index (κ3) is 2.04. The van der Waals surface area contributed by atoms with Crippen LogP contribution in [0.25, 0.3) is 0 Å². The Morgan fingerprint density at radius 2 is 2.45 bits per heavy atom. The average molecular weight is 254 g/mol. The lowest BCUT2D eigenvalue weighted by atomic mass is 10.2. The van der Waals surface area contributed by atoms with Crippen molar-refractivity contribution in [1.82, 2.24) is 0 Å². The molecule has 11 heavy (non-hydrogen) atoms. The highest BCUT2D eigenvalue weighted by Crippen LogP contribution is 2.35. The summed E-state index contributed by atoms with van der Waals surface area (Å²) < 4.78 is 1.57. The van der Waals surface area contributed by atoms with Gasteiger partial charge in [0.15, 0.2) is 0 Å². The molecule has 0 spiro atoms. The van der Waals surface area contributed by atoms with Crippen LogP contribution in [-0.4, -0.2) is 6.29 Å². The maximum atomic E-state index is 10.4. The third-order valence-electron chi connectivity index (χ3n) is 1.32. The van der Waals surface area contributed by atoms with E-state index in [-0.39, 0.29) is 5.92 Å². The van der Waals surface area contributed by atoms with E-state index in [1.165, 1.54) is 11.3 Å². The molecule has 0 bridgehead atoms. The molecular weight excluding hydrogens is 248 g/mol. The van der Waals surface area contributed by atoms with Gasteiger partial charge in [-0.3, -0.25) is 0 Å². The zero-order valence-corrected chi connectivity index (χ0v) is 8.96. The van der Waals surface area contributed by atoms with E-state index in [2.05, 4.69) is 15.9 Å². The minimum Gasteiger partial charge on any atom is -0.303 e. The van der Waals surface area contributed by atoms with Crippen molar-refractivity contribution >= 4 is 45.2 Å². The minimum atomic E-state index is -0.0520. The summed E-state index contributed by atoms with van der Waals surface area (Å²) in [5, 5.41) is 0. The minimum absolute atomic E-state index is 0.0520. The van der Waals surface area contributed by atoms with E-state index in [1.54, 1.807) is 0 Å². The van der Waals surface area contributed by atoms with Gasteiger partial charge in [0.1, 0.15) is 10.6 Å². The Bertz CT molecular complexity index is 252. The number of halogens is 2. The van der Waals surface area contributed by atoms with Gasteiger partial charge in [-0.05, 0) is 22.0 Å². The van der Waals surface area contributed by atoms with Gasteiger partial charge in [0.25, 0.3) is 0 Å². The van der Waals surface area contributed by atoms with Gasteiger partial charge < -0.3 is 4.79 Å². The Hall–Kier alpha value is 0.140. The van der Waals surface area contributed by atoms with Crippen LogP contribution in [0.1, 0.15) is 17.7 Å². The quantitative estimate of drug-likeness (QED) is 0.738. The molecule has 0 radical (unpaired) electrons. The number of hydrogen-bond acceptors (Lipinski definition) is 2. The van der Waals surface area contributed by atoms with E-state index in [1.807, 2.05) is 13.0 Å². The second-order valence-corrected chi connectivity index (χ2v) is 4.74. The van der Waals surface area contributed by atoms with Crippen molar-refractivity contribution in [3.05, 3.63) is 19.8 Å². The highest BCUT2D eigenvalue weighted by atomic mass is 79.9. The summed E-state index contributed by atoms with van der Waals surface area (Å²) in [4.78, 5) is 11.4. The van der Waals surface area contributed by atoms with E-state index >= 15 is 0 Å². The van der Waals surface area contributed by atoms with Gasteiger partial charge in [-0.25, -0.2) is 0 Å². The first kappa shape index (κ1) is 9.23. The molecule has 0 saturated carbocycles. The SMILES string of the molecule is CC(C=O)c1cc(Br)c(Cl)s1. The summed E-state index contributed by atoms with van der Waals surface area (Å²) in [6.45, 7) is 1.85. The number of carbonyl (C=O) groups is 1. The van der Waals surface area contributed by atoms with Gasteiger partial charge >= 0.3 is 0 Å². The van der Waals surface area contributed by atoms with Gasteiger partial charge in [0, 0.05) is 15.3 Å². The zero-order valence-electron chi connectivity index (χ0n) is 5.80. The molecule has 1 heterocycles. The van der Waals surface area contributed by atoms with Crippen molar-refractivity contribution < 1.29 is 4.79 Å². The molecule has 1 nitrogen and oxygen atoms in total. The maximum absolute atomic E-state index is 10.4. The normalized spacial score (nSPS) is 13.0. The lowest BCUT2D eigenvalue weighted by Crippen LogP contribution is -1.88. The molecule has 0 aromatic carbocycles. The van der Waals surface area contributed by atoms with Crippen molar-refractivity contribution in [1.29, 1.82) is 0 Å². The Balaban J connectivity index is 2.96. The van der Waals surface area contributed by atoms with Crippen LogP contribution in [0.15, 0.2) is 10.5 Å². The number of carbonyl (C=O) groups excluding carboxylic acids is 1. The van der Waals surface area contributed by atoms with Gasteiger partial charge in [0.05, 0.1) is 0 Å². The first-order valence-electron chi connectivity index (χ1n) is 3.05. The van der Waals surface area contributed by atoms with Crippen LogP contribution in [0.2, 0.25) is 4.34 Å². The molecule has 4 heteroatoms. The molecule has 0 saturated heterocycles. The molecule has 0 aliphatic carbocycles. The molecule has 1 aromatic rings. The van der Waals surface area contributed by atoms with E-state index in [0.29, 0.717) is 4.34 Å². The molecule has 0 N–H and O–H groups in total. The lowest BCUT2D eigenvalue weighted by molar-refractivity contribution is -0.108. The van der Waals surface area contributed by atoms with Crippen LogP contribution >= 0.6 is 38.9 Å². The molecule has 1 rings (SSSR count). The molecular formula is C7H6BrClOS. The first-order chi connectivity index (χ1) is 5.15. The number of rotatable bonds is 2. The molecule has 1 unspecified atom stereocenters. The molecule has 0 aliphatic rings. The third-order valence-corrected chi connectivity index (χ3v) is 3.99. The summed E-state index contributed by atoms with van der Waals surface area (Å²) in [6.07, 6.45) is 0.911. The topological polar surface area (TPSA) is 17.1 Å². The van der Waals surface area contributed by atoms with Crippen LogP contribution in [0.5, 0.6) is 0 Å². The standard InChI is InChI=1S/C7H6BrClOS/c1-4(3-10)6-2-5(8)7(9)11-6/h2-4H,1H3. The number of hydrogen-bond donors (Lipinski definition) is 0. The van der Waals surface area contributed by atoms with E-state index in [9.17, 15) is 4.79 Å². The van der Waals surface area contributed by atoms with Crippen molar-refractivity contribution in [2.75, 3.05) is 0 Å². The van der Waals surface area contributed by atoms with Crippen LogP contribution < -0.4 is 0 Å². The van der Waals surface area contributed by atoms with Crippen LogP contribution in [0.4, 0.5) is 0 Å². The molecule has 60 valence electrons. The number of thiophene rings is 1. The fourth-order valence-electron chi connectivity index (χ4n) is 0.655. The highest BCUT2D eigenvalue weighted by molar-refractivity contribution is 9.10. The fourth-order valence-corrected chi connectivity index (χ4v) is 2.40. The van der Waals surface area contributed by atoms with Crippen LogP contribution in [0, 0.1) is 0 Å². The molecule has 0 fully saturated rings. The van der Waals surface area contributed by atoms with Crippen molar-refractivity contribution in [3.8, 4) is 0 Å². The molecule has 0 amide bonds. The summed E-state index contributed by atoms with van der Waals surface area (Å²) >= 11 is 10.5. The molecule has 1 atom stereocenters. The largest absolute Gasteiger partial charge is 0.303 e. The summed E-state index contributed by atoms with van der Waals surface area (Å²) in [6, 6.07) is 1.88. The Kier molecular flexibility index (Phi) is 3.10. The van der Waals surface area contributed by atoms with E-state index in [0.717, 1.165) is 15.6 Å². The Morgan fingerprint density at radius 1 is 1.82 bits per heavy atom. The second kappa shape index (κ2) is 3.70. The lowest BCUT2D eigenvalue weighted by Gasteiger charge is -1.94. The van der Waals surface area contributed by atoms with Gasteiger partial charge in [-0.1, -0.05) is 18.5 Å². The molecule has 1 aromatic heterocycles. The maximum Gasteiger partial charge on any atom is 0.127 e. The van der Waals surface area contributed by atoms with Crippen molar-refractivity contribution in [2.24, 2.45) is 0 Å². The van der Waals surface area contributed by atoms with Gasteiger partial charge in [0.2, 0.25) is 0 Å². The Morgan fingerprint density at radius 3 is 2.82 bits per heavy atom. The predicted molar refractivity (Wildman–Crippen MR) is 51.5 cm³/mol.